The van der Waals surface area contributed by atoms with Gasteiger partial charge in [0.25, 0.3) is 0 Å². The SMILES string of the molecule is O=C(O)C1CNCCN1S(=O)(=O)c1ccc(Cl)c(Br)c1. The van der Waals surface area contributed by atoms with Gasteiger partial charge in [0.2, 0.25) is 10.0 Å². The number of rotatable bonds is 3. The minimum absolute atomic E-state index is 0.0157. The number of aliphatic carboxylic acids is 1. The number of carbonyl (C=O) groups is 1. The molecule has 20 heavy (non-hydrogen) atoms. The van der Waals surface area contributed by atoms with E-state index in [9.17, 15) is 13.2 Å². The van der Waals surface area contributed by atoms with E-state index in [1.165, 1.54) is 18.2 Å². The lowest BCUT2D eigenvalue weighted by atomic mass is 10.2. The van der Waals surface area contributed by atoms with E-state index in [0.717, 1.165) is 4.31 Å². The summed E-state index contributed by atoms with van der Waals surface area (Å²) < 4.78 is 26.5. The summed E-state index contributed by atoms with van der Waals surface area (Å²) in [5.74, 6) is -1.17. The molecule has 1 aliphatic heterocycles. The van der Waals surface area contributed by atoms with Crippen LogP contribution in [0.3, 0.4) is 0 Å². The van der Waals surface area contributed by atoms with E-state index in [2.05, 4.69) is 21.2 Å². The van der Waals surface area contributed by atoms with Gasteiger partial charge in [-0.05, 0) is 34.1 Å². The van der Waals surface area contributed by atoms with Crippen molar-refractivity contribution in [2.24, 2.45) is 0 Å². The average molecular weight is 384 g/mol. The van der Waals surface area contributed by atoms with Crippen LogP contribution in [0.25, 0.3) is 0 Å². The second-order valence-electron chi connectivity index (χ2n) is 4.25. The maximum atomic E-state index is 12.5. The van der Waals surface area contributed by atoms with Crippen LogP contribution < -0.4 is 5.32 Å². The highest BCUT2D eigenvalue weighted by Gasteiger charge is 2.37. The van der Waals surface area contributed by atoms with Crippen LogP contribution in [0.2, 0.25) is 5.02 Å². The van der Waals surface area contributed by atoms with Gasteiger partial charge < -0.3 is 10.4 Å². The zero-order valence-corrected chi connectivity index (χ0v) is 13.4. The molecule has 0 spiro atoms. The van der Waals surface area contributed by atoms with E-state index in [-0.39, 0.29) is 18.0 Å². The van der Waals surface area contributed by atoms with Gasteiger partial charge in [0, 0.05) is 24.1 Å². The first-order chi connectivity index (χ1) is 9.34. The molecule has 1 aliphatic rings. The summed E-state index contributed by atoms with van der Waals surface area (Å²) >= 11 is 9.00. The highest BCUT2D eigenvalue weighted by molar-refractivity contribution is 9.10. The smallest absolute Gasteiger partial charge is 0.323 e. The Morgan fingerprint density at radius 3 is 2.80 bits per heavy atom. The van der Waals surface area contributed by atoms with Gasteiger partial charge in [-0.15, -0.1) is 0 Å². The van der Waals surface area contributed by atoms with Crippen molar-refractivity contribution in [1.82, 2.24) is 9.62 Å². The van der Waals surface area contributed by atoms with E-state index in [0.29, 0.717) is 16.0 Å². The number of halogens is 2. The van der Waals surface area contributed by atoms with E-state index < -0.39 is 22.0 Å². The first-order valence-corrected chi connectivity index (χ1v) is 8.35. The molecule has 6 nitrogen and oxygen atoms in total. The Morgan fingerprint density at radius 1 is 1.50 bits per heavy atom. The summed E-state index contributed by atoms with van der Waals surface area (Å²) in [6.45, 7) is 0.612. The second-order valence-corrected chi connectivity index (χ2v) is 7.40. The Hall–Kier alpha value is -0.670. The molecule has 1 saturated heterocycles. The number of hydrogen-bond donors (Lipinski definition) is 2. The van der Waals surface area contributed by atoms with Gasteiger partial charge >= 0.3 is 5.97 Å². The van der Waals surface area contributed by atoms with Crippen molar-refractivity contribution in [3.8, 4) is 0 Å². The Labute approximate surface area is 129 Å². The van der Waals surface area contributed by atoms with Gasteiger partial charge in [-0.25, -0.2) is 8.42 Å². The first-order valence-electron chi connectivity index (χ1n) is 5.74. The van der Waals surface area contributed by atoms with Crippen molar-refractivity contribution in [2.75, 3.05) is 19.6 Å². The van der Waals surface area contributed by atoms with Crippen molar-refractivity contribution in [3.63, 3.8) is 0 Å². The van der Waals surface area contributed by atoms with Crippen molar-refractivity contribution in [2.45, 2.75) is 10.9 Å². The Kier molecular flexibility index (Phi) is 4.70. The minimum atomic E-state index is -3.87. The molecule has 1 atom stereocenters. The number of nitrogens with zero attached hydrogens (tertiary/aromatic N) is 1. The molecule has 2 rings (SSSR count). The number of hydrogen-bond acceptors (Lipinski definition) is 4. The monoisotopic (exact) mass is 382 g/mol. The molecule has 2 N–H and O–H groups in total. The van der Waals surface area contributed by atoms with E-state index in [4.69, 9.17) is 16.7 Å². The molecule has 9 heteroatoms. The van der Waals surface area contributed by atoms with Crippen LogP contribution in [0.1, 0.15) is 0 Å². The third-order valence-electron chi connectivity index (χ3n) is 2.98. The molecule has 0 bridgehead atoms. The largest absolute Gasteiger partial charge is 0.480 e. The number of sulfonamides is 1. The normalized spacial score (nSPS) is 20.8. The second kappa shape index (κ2) is 5.98. The van der Waals surface area contributed by atoms with Crippen molar-refractivity contribution < 1.29 is 18.3 Å². The molecule has 1 aromatic carbocycles. The molecule has 0 radical (unpaired) electrons. The zero-order valence-electron chi connectivity index (χ0n) is 10.2. The summed E-state index contributed by atoms with van der Waals surface area (Å²) in [7, 11) is -3.87. The minimum Gasteiger partial charge on any atom is -0.480 e. The van der Waals surface area contributed by atoms with E-state index in [1.54, 1.807) is 0 Å². The lowest BCUT2D eigenvalue weighted by Gasteiger charge is -2.32. The molecule has 1 fully saturated rings. The summed E-state index contributed by atoms with van der Waals surface area (Å²) in [6, 6.07) is 3.08. The van der Waals surface area contributed by atoms with E-state index in [1.807, 2.05) is 0 Å². The van der Waals surface area contributed by atoms with Crippen molar-refractivity contribution in [1.29, 1.82) is 0 Å². The van der Waals surface area contributed by atoms with Gasteiger partial charge in [-0.1, -0.05) is 11.6 Å². The number of benzene rings is 1. The van der Waals surface area contributed by atoms with Crippen LogP contribution in [0.5, 0.6) is 0 Å². The molecular formula is C11H12BrClN2O4S. The van der Waals surface area contributed by atoms with Crippen LogP contribution in [-0.2, 0) is 14.8 Å². The van der Waals surface area contributed by atoms with Crippen LogP contribution in [0.15, 0.2) is 27.6 Å². The average Bonchev–Trinajstić information content (AvgIpc) is 2.41. The third-order valence-corrected chi connectivity index (χ3v) is 6.10. The standard InChI is InChI=1S/C11H12BrClN2O4S/c12-8-5-7(1-2-9(8)13)20(18,19)15-4-3-14-6-10(15)11(16)17/h1-2,5,10,14H,3-4,6H2,(H,16,17). The molecule has 1 unspecified atom stereocenters. The summed E-state index contributed by atoms with van der Waals surface area (Å²) in [4.78, 5) is 11.2. The van der Waals surface area contributed by atoms with Gasteiger partial charge in [-0.3, -0.25) is 4.79 Å². The van der Waals surface area contributed by atoms with Crippen molar-refractivity contribution in [3.05, 3.63) is 27.7 Å². The van der Waals surface area contributed by atoms with Gasteiger partial charge in [0.1, 0.15) is 6.04 Å². The Morgan fingerprint density at radius 2 is 2.20 bits per heavy atom. The molecule has 0 amide bonds. The fraction of sp³-hybridized carbons (Fsp3) is 0.364. The fourth-order valence-electron chi connectivity index (χ4n) is 1.96. The molecule has 1 heterocycles. The zero-order chi connectivity index (χ0) is 14.9. The quantitative estimate of drug-likeness (QED) is 0.818. The molecular weight excluding hydrogens is 372 g/mol. The van der Waals surface area contributed by atoms with Crippen molar-refractivity contribution >= 4 is 43.5 Å². The number of carboxylic acids is 1. The van der Waals surface area contributed by atoms with Crippen LogP contribution in [0.4, 0.5) is 0 Å². The number of carboxylic acid groups (broad SMARTS) is 1. The molecule has 110 valence electrons. The molecule has 0 aliphatic carbocycles. The van der Waals surface area contributed by atoms with Gasteiger partial charge in [0.15, 0.2) is 0 Å². The highest BCUT2D eigenvalue weighted by atomic mass is 79.9. The maximum Gasteiger partial charge on any atom is 0.323 e. The summed E-state index contributed by atoms with van der Waals surface area (Å²) in [5, 5.41) is 12.4. The predicted molar refractivity (Wildman–Crippen MR) is 77.3 cm³/mol. The predicted octanol–water partition coefficient (Wildman–Crippen LogP) is 1.15. The van der Waals surface area contributed by atoms with Crippen LogP contribution >= 0.6 is 27.5 Å². The topological polar surface area (TPSA) is 86.7 Å². The van der Waals surface area contributed by atoms with Crippen LogP contribution in [0, 0.1) is 0 Å². The highest BCUT2D eigenvalue weighted by Crippen LogP contribution is 2.28. The number of nitrogens with one attached hydrogen (secondary N) is 1. The lowest BCUT2D eigenvalue weighted by molar-refractivity contribution is -0.141. The summed E-state index contributed by atoms with van der Waals surface area (Å²) in [6.07, 6.45) is 0. The first kappa shape index (κ1) is 15.7. The number of piperazine rings is 1. The Bertz CT molecular complexity index is 637. The molecule has 0 aromatic heterocycles. The maximum absolute atomic E-state index is 12.5. The lowest BCUT2D eigenvalue weighted by Crippen LogP contribution is -2.56. The van der Waals surface area contributed by atoms with Crippen LogP contribution in [-0.4, -0.2) is 49.5 Å². The fourth-order valence-corrected chi connectivity index (χ4v) is 4.21. The van der Waals surface area contributed by atoms with E-state index >= 15 is 0 Å². The molecule has 1 aromatic rings. The Balaban J connectivity index is 2.42. The molecule has 0 saturated carbocycles. The third kappa shape index (κ3) is 2.99. The summed E-state index contributed by atoms with van der Waals surface area (Å²) in [5.41, 5.74) is 0. The van der Waals surface area contributed by atoms with Gasteiger partial charge in [0.05, 0.1) is 9.92 Å². The van der Waals surface area contributed by atoms with Gasteiger partial charge in [-0.2, -0.15) is 4.31 Å².